The van der Waals surface area contributed by atoms with E-state index in [1.807, 2.05) is 13.8 Å². The first-order chi connectivity index (χ1) is 6.20. The molecule has 0 spiro atoms. The molecule has 2 atom stereocenters. The van der Waals surface area contributed by atoms with Crippen molar-refractivity contribution in [2.45, 2.75) is 32.2 Å². The summed E-state index contributed by atoms with van der Waals surface area (Å²) < 4.78 is 35.7. The maximum Gasteiger partial charge on any atom is 0.321 e. The van der Waals surface area contributed by atoms with E-state index in [-0.39, 0.29) is 0 Å². The first-order valence-corrected chi connectivity index (χ1v) is 6.48. The van der Waals surface area contributed by atoms with E-state index in [2.05, 4.69) is 0 Å². The van der Waals surface area contributed by atoms with E-state index in [1.54, 1.807) is 0 Å². The molecule has 0 radical (unpaired) electrons. The van der Waals surface area contributed by atoms with Gasteiger partial charge in [-0.2, -0.15) is 0 Å². The lowest BCUT2D eigenvalue weighted by Gasteiger charge is -2.13. The number of rotatable bonds is 6. The van der Waals surface area contributed by atoms with Crippen LogP contribution in [0.2, 0.25) is 6.04 Å². The van der Waals surface area contributed by atoms with Gasteiger partial charge in [-0.3, -0.25) is 0 Å². The summed E-state index contributed by atoms with van der Waals surface area (Å²) >= 11 is 0. The van der Waals surface area contributed by atoms with Crippen molar-refractivity contribution >= 4 is 9.28 Å². The van der Waals surface area contributed by atoms with E-state index >= 15 is 0 Å². The van der Waals surface area contributed by atoms with Gasteiger partial charge in [0.1, 0.15) is 12.3 Å². The molecule has 5 heteroatoms. The minimum atomic E-state index is -1.79. The van der Waals surface area contributed by atoms with E-state index in [1.165, 1.54) is 0 Å². The molecule has 2 nitrogen and oxygen atoms in total. The molecule has 0 amide bonds. The smallest absolute Gasteiger partial charge is 0.321 e. The molecule has 0 bridgehead atoms. The predicted octanol–water partition coefficient (Wildman–Crippen LogP) is 1.59. The van der Waals surface area contributed by atoms with Crippen LogP contribution in [-0.4, -0.2) is 34.8 Å². The van der Waals surface area contributed by atoms with Crippen LogP contribution in [-0.2, 0) is 8.85 Å². The van der Waals surface area contributed by atoms with Crippen molar-refractivity contribution in [3.8, 4) is 0 Å². The van der Waals surface area contributed by atoms with E-state index in [0.29, 0.717) is 19.3 Å². The maximum atomic E-state index is 12.5. The molecular weight excluding hydrogens is 194 g/mol. The van der Waals surface area contributed by atoms with E-state index in [4.69, 9.17) is 8.85 Å². The summed E-state index contributed by atoms with van der Waals surface area (Å²) in [6, 6.07) is 0.462. The number of halogens is 2. The summed E-state index contributed by atoms with van der Waals surface area (Å²) in [6.07, 6.45) is -2.54. The molecule has 78 valence electrons. The zero-order chi connectivity index (χ0) is 9.84. The average Bonchev–Trinajstić information content (AvgIpc) is 2.63. The number of hydrogen-bond acceptors (Lipinski definition) is 2. The van der Waals surface area contributed by atoms with Gasteiger partial charge in [0.05, 0.1) is 0 Å². The van der Waals surface area contributed by atoms with Crippen molar-refractivity contribution in [1.82, 2.24) is 0 Å². The molecule has 0 aromatic heterocycles. The van der Waals surface area contributed by atoms with Gasteiger partial charge in [-0.25, -0.2) is 8.78 Å². The van der Waals surface area contributed by atoms with Crippen molar-refractivity contribution in [1.29, 1.82) is 0 Å². The van der Waals surface area contributed by atoms with Crippen LogP contribution in [0.1, 0.15) is 13.8 Å². The molecule has 0 heterocycles. The lowest BCUT2D eigenvalue weighted by atomic mass is 10.5. The van der Waals surface area contributed by atoms with Crippen LogP contribution in [0.4, 0.5) is 8.78 Å². The fourth-order valence-corrected chi connectivity index (χ4v) is 3.41. The Morgan fingerprint density at radius 2 is 1.54 bits per heavy atom. The fourth-order valence-electron chi connectivity index (χ4n) is 1.33. The number of alkyl halides is 2. The third-order valence-electron chi connectivity index (χ3n) is 2.15. The minimum absolute atomic E-state index is 0.449. The first kappa shape index (κ1) is 11.1. The van der Waals surface area contributed by atoms with Crippen LogP contribution in [0.25, 0.3) is 0 Å². The standard InChI is InChI=1S/C8H16F2O2Si/c1-3-11-13(12-4-2)5-6-7(9)8(6)10/h6-8,13H,3-5H2,1-2H3. The van der Waals surface area contributed by atoms with Crippen molar-refractivity contribution in [2.75, 3.05) is 13.2 Å². The molecule has 0 saturated heterocycles. The summed E-state index contributed by atoms with van der Waals surface area (Å²) in [5.74, 6) is -0.449. The second-order valence-electron chi connectivity index (χ2n) is 3.13. The topological polar surface area (TPSA) is 18.5 Å². The van der Waals surface area contributed by atoms with Gasteiger partial charge in [0, 0.05) is 19.1 Å². The highest BCUT2D eigenvalue weighted by atomic mass is 28.3. The zero-order valence-corrected chi connectivity index (χ0v) is 9.16. The summed E-state index contributed by atoms with van der Waals surface area (Å²) in [5.41, 5.74) is 0. The maximum absolute atomic E-state index is 12.5. The monoisotopic (exact) mass is 210 g/mol. The molecule has 1 aliphatic carbocycles. The number of hydrogen-bond donors (Lipinski definition) is 0. The fraction of sp³-hybridized carbons (Fsp3) is 1.00. The average molecular weight is 210 g/mol. The Kier molecular flexibility index (Phi) is 4.28. The van der Waals surface area contributed by atoms with Crippen LogP contribution in [0.3, 0.4) is 0 Å². The van der Waals surface area contributed by atoms with E-state index < -0.39 is 27.5 Å². The quantitative estimate of drug-likeness (QED) is 0.620. The van der Waals surface area contributed by atoms with Crippen LogP contribution < -0.4 is 0 Å². The van der Waals surface area contributed by atoms with Gasteiger partial charge in [0.2, 0.25) is 0 Å². The molecule has 2 unspecified atom stereocenters. The Bertz CT molecular complexity index is 145. The molecule has 1 saturated carbocycles. The molecule has 1 aliphatic rings. The molecule has 0 N–H and O–H groups in total. The Balaban J connectivity index is 2.22. The highest BCUT2D eigenvalue weighted by Gasteiger charge is 2.53. The predicted molar refractivity (Wildman–Crippen MR) is 48.5 cm³/mol. The molecular formula is C8H16F2O2Si. The van der Waals surface area contributed by atoms with Gasteiger partial charge < -0.3 is 8.85 Å². The second-order valence-corrected chi connectivity index (χ2v) is 5.13. The third-order valence-corrected chi connectivity index (χ3v) is 4.49. The zero-order valence-electron chi connectivity index (χ0n) is 8.00. The largest absolute Gasteiger partial charge is 0.397 e. The van der Waals surface area contributed by atoms with Crippen LogP contribution in [0, 0.1) is 5.92 Å². The normalized spacial score (nSPS) is 32.5. The molecule has 0 aromatic carbocycles. The van der Waals surface area contributed by atoms with Gasteiger partial charge in [0.25, 0.3) is 0 Å². The van der Waals surface area contributed by atoms with Gasteiger partial charge in [0.15, 0.2) is 0 Å². The molecule has 1 rings (SSSR count). The molecule has 0 aliphatic heterocycles. The molecule has 13 heavy (non-hydrogen) atoms. The first-order valence-electron chi connectivity index (χ1n) is 4.72. The molecule has 0 aromatic rings. The lowest BCUT2D eigenvalue weighted by molar-refractivity contribution is 0.210. The van der Waals surface area contributed by atoms with Gasteiger partial charge >= 0.3 is 9.28 Å². The van der Waals surface area contributed by atoms with Crippen molar-refractivity contribution in [3.63, 3.8) is 0 Å². The van der Waals surface area contributed by atoms with E-state index in [9.17, 15) is 8.78 Å². The summed E-state index contributed by atoms with van der Waals surface area (Å²) in [6.45, 7) is 4.87. The van der Waals surface area contributed by atoms with Crippen LogP contribution >= 0.6 is 0 Å². The Morgan fingerprint density at radius 1 is 1.08 bits per heavy atom. The highest BCUT2D eigenvalue weighted by molar-refractivity contribution is 6.44. The summed E-state index contributed by atoms with van der Waals surface area (Å²) in [7, 11) is -1.79. The van der Waals surface area contributed by atoms with Gasteiger partial charge in [-0.05, 0) is 19.9 Å². The van der Waals surface area contributed by atoms with Crippen molar-refractivity contribution in [2.24, 2.45) is 5.92 Å². The summed E-state index contributed by atoms with van der Waals surface area (Å²) in [5, 5.41) is 0. The van der Waals surface area contributed by atoms with Crippen molar-refractivity contribution in [3.05, 3.63) is 0 Å². The Morgan fingerprint density at radius 3 is 1.85 bits per heavy atom. The van der Waals surface area contributed by atoms with Crippen LogP contribution in [0.5, 0.6) is 0 Å². The lowest BCUT2D eigenvalue weighted by Crippen LogP contribution is -2.24. The van der Waals surface area contributed by atoms with Crippen LogP contribution in [0.15, 0.2) is 0 Å². The molecule has 1 fully saturated rings. The SMILES string of the molecule is CCO[SiH](CC1C(F)C1F)OCC. The minimum Gasteiger partial charge on any atom is -0.397 e. The third kappa shape index (κ3) is 3.00. The second kappa shape index (κ2) is 5.02. The Hall–Kier alpha value is -0.00312. The van der Waals surface area contributed by atoms with E-state index in [0.717, 1.165) is 0 Å². The Labute approximate surface area is 79.1 Å². The summed E-state index contributed by atoms with van der Waals surface area (Å²) in [4.78, 5) is 0. The van der Waals surface area contributed by atoms with Gasteiger partial charge in [-0.15, -0.1) is 0 Å². The van der Waals surface area contributed by atoms with Gasteiger partial charge in [-0.1, -0.05) is 0 Å². The van der Waals surface area contributed by atoms with Crippen molar-refractivity contribution < 1.29 is 17.6 Å². The highest BCUT2D eigenvalue weighted by Crippen LogP contribution is 2.41.